The second-order valence-corrected chi connectivity index (χ2v) is 6.09. The Labute approximate surface area is 108 Å². The molecular formula is C10H11F2N3O3S. The van der Waals surface area contributed by atoms with E-state index >= 15 is 0 Å². The fourth-order valence-electron chi connectivity index (χ4n) is 1.91. The molecule has 0 saturated carbocycles. The number of sulfonamides is 1. The fourth-order valence-corrected chi connectivity index (χ4v) is 2.64. The number of carbonyl (C=O) groups is 1. The molecule has 0 aromatic heterocycles. The zero-order valence-electron chi connectivity index (χ0n) is 9.64. The van der Waals surface area contributed by atoms with Gasteiger partial charge in [0.2, 0.25) is 15.9 Å². The molecule has 1 aromatic rings. The van der Waals surface area contributed by atoms with Crippen LogP contribution < -0.4 is 15.8 Å². The molecule has 1 unspecified atom stereocenters. The average molecular weight is 291 g/mol. The highest BCUT2D eigenvalue weighted by molar-refractivity contribution is 7.89. The lowest BCUT2D eigenvalue weighted by atomic mass is 10.2. The standard InChI is InChI=1S/C10H11F2N3O3S/c11-6-2-8(13)9(3-7(6)12)15-4-5(1-10(15)16)19(14,17)18/h2-3,5H,1,4,13H2,(H2,14,17,18). The smallest absolute Gasteiger partial charge is 0.228 e. The van der Waals surface area contributed by atoms with E-state index in [1.807, 2.05) is 0 Å². The van der Waals surface area contributed by atoms with Gasteiger partial charge in [0.1, 0.15) is 5.25 Å². The predicted octanol–water partition coefficient (Wildman–Crippen LogP) is -0.0592. The summed E-state index contributed by atoms with van der Waals surface area (Å²) in [7, 11) is -3.88. The Balaban J connectivity index is 2.39. The topological polar surface area (TPSA) is 106 Å². The van der Waals surface area contributed by atoms with Crippen LogP contribution in [0.3, 0.4) is 0 Å². The van der Waals surface area contributed by atoms with Crippen molar-refractivity contribution < 1.29 is 22.0 Å². The number of halogens is 2. The third-order valence-electron chi connectivity index (χ3n) is 2.91. The minimum absolute atomic E-state index is 0.0601. The van der Waals surface area contributed by atoms with Crippen LogP contribution in [0.5, 0.6) is 0 Å². The number of hydrogen-bond donors (Lipinski definition) is 2. The first-order valence-electron chi connectivity index (χ1n) is 5.26. The number of nitrogen functional groups attached to an aromatic ring is 1. The monoisotopic (exact) mass is 291 g/mol. The second-order valence-electron chi connectivity index (χ2n) is 4.24. The normalized spacial score (nSPS) is 20.1. The molecule has 0 spiro atoms. The van der Waals surface area contributed by atoms with Crippen molar-refractivity contribution in [3.8, 4) is 0 Å². The van der Waals surface area contributed by atoms with E-state index in [-0.39, 0.29) is 24.3 Å². The predicted molar refractivity (Wildman–Crippen MR) is 64.6 cm³/mol. The minimum atomic E-state index is -3.88. The van der Waals surface area contributed by atoms with Gasteiger partial charge >= 0.3 is 0 Å². The van der Waals surface area contributed by atoms with Crippen molar-refractivity contribution >= 4 is 27.3 Å². The van der Waals surface area contributed by atoms with Gasteiger partial charge in [-0.3, -0.25) is 4.79 Å². The van der Waals surface area contributed by atoms with Crippen LogP contribution in [0.2, 0.25) is 0 Å². The summed E-state index contributed by atoms with van der Waals surface area (Å²) >= 11 is 0. The number of rotatable bonds is 2. The number of nitrogens with zero attached hydrogens (tertiary/aromatic N) is 1. The number of nitrogens with two attached hydrogens (primary N) is 2. The van der Waals surface area contributed by atoms with E-state index in [9.17, 15) is 22.0 Å². The molecule has 1 amide bonds. The lowest BCUT2D eigenvalue weighted by Crippen LogP contribution is -2.32. The van der Waals surface area contributed by atoms with Crippen LogP contribution in [-0.2, 0) is 14.8 Å². The van der Waals surface area contributed by atoms with Crippen molar-refractivity contribution in [1.29, 1.82) is 0 Å². The first kappa shape index (κ1) is 13.7. The Hall–Kier alpha value is -1.74. The van der Waals surface area contributed by atoms with E-state index in [1.165, 1.54) is 0 Å². The molecule has 4 N–H and O–H groups in total. The Morgan fingerprint density at radius 1 is 1.26 bits per heavy atom. The molecule has 1 aliphatic heterocycles. The average Bonchev–Trinajstić information content (AvgIpc) is 2.65. The van der Waals surface area contributed by atoms with Gasteiger partial charge in [-0.15, -0.1) is 0 Å². The van der Waals surface area contributed by atoms with Crippen molar-refractivity contribution in [2.24, 2.45) is 5.14 Å². The zero-order valence-corrected chi connectivity index (χ0v) is 10.5. The van der Waals surface area contributed by atoms with Gasteiger partial charge in [0.05, 0.1) is 11.4 Å². The quantitative estimate of drug-likeness (QED) is 0.744. The molecule has 9 heteroatoms. The van der Waals surface area contributed by atoms with Gasteiger partial charge in [-0.25, -0.2) is 22.3 Å². The molecule has 1 heterocycles. The first-order chi connectivity index (χ1) is 8.70. The number of anilines is 2. The van der Waals surface area contributed by atoms with Crippen molar-refractivity contribution in [1.82, 2.24) is 0 Å². The lowest BCUT2D eigenvalue weighted by molar-refractivity contribution is -0.117. The summed E-state index contributed by atoms with van der Waals surface area (Å²) in [5.74, 6) is -2.87. The fraction of sp³-hybridized carbons (Fsp3) is 0.300. The third kappa shape index (κ3) is 2.51. The summed E-state index contributed by atoms with van der Waals surface area (Å²) in [5.41, 5.74) is 5.29. The highest BCUT2D eigenvalue weighted by Crippen LogP contribution is 2.30. The molecule has 6 nitrogen and oxygen atoms in total. The highest BCUT2D eigenvalue weighted by Gasteiger charge is 2.38. The summed E-state index contributed by atoms with van der Waals surface area (Å²) < 4.78 is 48.5. The maximum absolute atomic E-state index is 13.2. The summed E-state index contributed by atoms with van der Waals surface area (Å²) in [6, 6.07) is 1.50. The molecule has 0 aliphatic carbocycles. The van der Waals surface area contributed by atoms with E-state index in [4.69, 9.17) is 10.9 Å². The molecule has 2 rings (SSSR count). The van der Waals surface area contributed by atoms with Gasteiger partial charge < -0.3 is 10.6 Å². The van der Waals surface area contributed by atoms with E-state index in [2.05, 4.69) is 0 Å². The Morgan fingerprint density at radius 3 is 2.37 bits per heavy atom. The SMILES string of the molecule is Nc1cc(F)c(F)cc1N1CC(S(N)(=O)=O)CC1=O. The first-order valence-corrected chi connectivity index (χ1v) is 6.87. The molecule has 1 aliphatic rings. The molecule has 1 saturated heterocycles. The van der Waals surface area contributed by atoms with Gasteiger partial charge in [0.15, 0.2) is 11.6 Å². The molecule has 1 fully saturated rings. The van der Waals surface area contributed by atoms with E-state index in [0.29, 0.717) is 0 Å². The van der Waals surface area contributed by atoms with Crippen LogP contribution in [-0.4, -0.2) is 26.1 Å². The molecule has 0 radical (unpaired) electrons. The van der Waals surface area contributed by atoms with Gasteiger partial charge in [0.25, 0.3) is 0 Å². The van der Waals surface area contributed by atoms with Crippen molar-refractivity contribution in [2.75, 3.05) is 17.2 Å². The molecule has 0 bridgehead atoms. The zero-order chi connectivity index (χ0) is 14.4. The maximum Gasteiger partial charge on any atom is 0.228 e. The summed E-state index contributed by atoms with van der Waals surface area (Å²) in [6.45, 7) is -0.229. The van der Waals surface area contributed by atoms with Crippen LogP contribution in [0.4, 0.5) is 20.2 Å². The Kier molecular flexibility index (Phi) is 3.19. The number of benzene rings is 1. The summed E-state index contributed by atoms with van der Waals surface area (Å²) in [6.07, 6.45) is -0.308. The molecule has 1 aromatic carbocycles. The van der Waals surface area contributed by atoms with Crippen molar-refractivity contribution in [2.45, 2.75) is 11.7 Å². The lowest BCUT2D eigenvalue weighted by Gasteiger charge is -2.18. The van der Waals surface area contributed by atoms with E-state index < -0.39 is 32.8 Å². The second kappa shape index (κ2) is 4.42. The molecule has 1 atom stereocenters. The van der Waals surface area contributed by atoms with E-state index in [0.717, 1.165) is 17.0 Å². The largest absolute Gasteiger partial charge is 0.397 e. The molecule has 19 heavy (non-hydrogen) atoms. The maximum atomic E-state index is 13.2. The number of hydrogen-bond acceptors (Lipinski definition) is 4. The van der Waals surface area contributed by atoms with E-state index in [1.54, 1.807) is 0 Å². The summed E-state index contributed by atoms with van der Waals surface area (Å²) in [5, 5.41) is 3.89. The number of primary sulfonamides is 1. The Morgan fingerprint density at radius 2 is 1.84 bits per heavy atom. The van der Waals surface area contributed by atoms with Crippen molar-refractivity contribution in [3.05, 3.63) is 23.8 Å². The van der Waals surface area contributed by atoms with Crippen LogP contribution >= 0.6 is 0 Å². The van der Waals surface area contributed by atoms with Gasteiger partial charge in [-0.05, 0) is 0 Å². The van der Waals surface area contributed by atoms with Crippen LogP contribution in [0.15, 0.2) is 12.1 Å². The van der Waals surface area contributed by atoms with Crippen LogP contribution in [0, 0.1) is 11.6 Å². The van der Waals surface area contributed by atoms with Crippen LogP contribution in [0.1, 0.15) is 6.42 Å². The van der Waals surface area contributed by atoms with Gasteiger partial charge in [0, 0.05) is 25.1 Å². The summed E-state index contributed by atoms with van der Waals surface area (Å²) in [4.78, 5) is 12.7. The molecule has 104 valence electrons. The highest BCUT2D eigenvalue weighted by atomic mass is 32.2. The Bertz CT molecular complexity index is 648. The molecular weight excluding hydrogens is 280 g/mol. The van der Waals surface area contributed by atoms with Crippen molar-refractivity contribution in [3.63, 3.8) is 0 Å². The number of carbonyl (C=O) groups excluding carboxylic acids is 1. The van der Waals surface area contributed by atoms with Crippen LogP contribution in [0.25, 0.3) is 0 Å². The van der Waals surface area contributed by atoms with Gasteiger partial charge in [-0.1, -0.05) is 0 Å². The number of amides is 1. The minimum Gasteiger partial charge on any atom is -0.397 e. The van der Waals surface area contributed by atoms with Gasteiger partial charge in [-0.2, -0.15) is 0 Å². The third-order valence-corrected chi connectivity index (χ3v) is 4.16.